The Kier molecular flexibility index (Phi) is 2.97. The smallest absolute Gasteiger partial charge is 0.109 e. The van der Waals surface area contributed by atoms with Crippen molar-refractivity contribution in [3.63, 3.8) is 0 Å². The van der Waals surface area contributed by atoms with Crippen molar-refractivity contribution in [2.24, 2.45) is 0 Å². The number of hydrogen-bond donors (Lipinski definition) is 0. The van der Waals surface area contributed by atoms with Gasteiger partial charge >= 0.3 is 0 Å². The van der Waals surface area contributed by atoms with Crippen molar-refractivity contribution in [3.05, 3.63) is 17.7 Å². The molecule has 0 bridgehead atoms. The quantitative estimate of drug-likeness (QED) is 0.739. The van der Waals surface area contributed by atoms with Gasteiger partial charge in [0.2, 0.25) is 0 Å². The third kappa shape index (κ3) is 1.90. The van der Waals surface area contributed by atoms with Crippen LogP contribution in [0.4, 0.5) is 0 Å². The molecule has 2 atom stereocenters. The fourth-order valence-electron chi connectivity index (χ4n) is 2.84. The summed E-state index contributed by atoms with van der Waals surface area (Å²) in [5.74, 6) is 2.66. The summed E-state index contributed by atoms with van der Waals surface area (Å²) in [6.45, 7) is 2.32. The minimum atomic E-state index is 0.665. The first kappa shape index (κ1) is 10.7. The zero-order valence-electron chi connectivity index (χ0n) is 9.98. The van der Waals surface area contributed by atoms with E-state index in [9.17, 15) is 0 Å². The highest BCUT2D eigenvalue weighted by atomic mass is 32.2. The molecule has 0 aliphatic carbocycles. The highest BCUT2D eigenvalue weighted by Gasteiger charge is 2.23. The number of aryl methyl sites for hydroxylation is 1. The van der Waals surface area contributed by atoms with Crippen LogP contribution in [0.15, 0.2) is 6.20 Å². The van der Waals surface area contributed by atoms with Crippen LogP contribution < -0.4 is 0 Å². The van der Waals surface area contributed by atoms with Crippen LogP contribution in [0.2, 0.25) is 0 Å². The molecule has 3 heteroatoms. The minimum Gasteiger partial charge on any atom is -0.332 e. The van der Waals surface area contributed by atoms with Gasteiger partial charge in [-0.15, -0.1) is 0 Å². The van der Waals surface area contributed by atoms with E-state index < -0.39 is 0 Å². The highest BCUT2D eigenvalue weighted by Crippen LogP contribution is 2.38. The molecule has 1 aromatic rings. The molecule has 0 aromatic carbocycles. The van der Waals surface area contributed by atoms with E-state index in [2.05, 4.69) is 29.4 Å². The first-order valence-corrected chi connectivity index (χ1v) is 7.59. The van der Waals surface area contributed by atoms with Gasteiger partial charge in [-0.3, -0.25) is 0 Å². The second-order valence-electron chi connectivity index (χ2n) is 5.09. The van der Waals surface area contributed by atoms with Crippen molar-refractivity contribution in [1.29, 1.82) is 0 Å². The third-order valence-electron chi connectivity index (χ3n) is 3.83. The van der Waals surface area contributed by atoms with Crippen molar-refractivity contribution < 1.29 is 0 Å². The molecular weight excluding hydrogens is 216 g/mol. The Morgan fingerprint density at radius 2 is 2.25 bits per heavy atom. The van der Waals surface area contributed by atoms with Gasteiger partial charge in [-0.05, 0) is 38.4 Å². The van der Waals surface area contributed by atoms with E-state index >= 15 is 0 Å². The van der Waals surface area contributed by atoms with Crippen LogP contribution in [0, 0.1) is 0 Å². The molecular formula is C13H20N2S. The van der Waals surface area contributed by atoms with Gasteiger partial charge in [0.05, 0.1) is 5.69 Å². The van der Waals surface area contributed by atoms with E-state index in [-0.39, 0.29) is 0 Å². The topological polar surface area (TPSA) is 17.8 Å². The van der Waals surface area contributed by atoms with E-state index in [0.717, 1.165) is 0 Å². The Morgan fingerprint density at radius 3 is 3.00 bits per heavy atom. The molecule has 3 rings (SSSR count). The van der Waals surface area contributed by atoms with Crippen molar-refractivity contribution in [2.45, 2.75) is 56.7 Å². The summed E-state index contributed by atoms with van der Waals surface area (Å²) in [4.78, 5) is 4.87. The minimum absolute atomic E-state index is 0.665. The van der Waals surface area contributed by atoms with Gasteiger partial charge in [0.15, 0.2) is 0 Å². The molecule has 1 saturated heterocycles. The molecule has 0 spiro atoms. The molecule has 2 nitrogen and oxygen atoms in total. The molecule has 0 N–H and O–H groups in total. The number of fused-ring (bicyclic) bond motifs is 1. The van der Waals surface area contributed by atoms with Crippen LogP contribution in [0.25, 0.3) is 0 Å². The van der Waals surface area contributed by atoms with Gasteiger partial charge in [-0.25, -0.2) is 4.98 Å². The summed E-state index contributed by atoms with van der Waals surface area (Å²) in [5.41, 5.74) is 1.36. The Balaban J connectivity index is 1.85. The van der Waals surface area contributed by atoms with Crippen LogP contribution in [-0.4, -0.2) is 15.3 Å². The zero-order valence-corrected chi connectivity index (χ0v) is 10.8. The first-order chi connectivity index (χ1) is 7.84. The Morgan fingerprint density at radius 1 is 1.31 bits per heavy atom. The number of rotatable bonds is 1. The fraction of sp³-hybridized carbons (Fsp3) is 0.769. The molecule has 2 aliphatic heterocycles. The molecule has 88 valence electrons. The molecule has 0 amide bonds. The summed E-state index contributed by atoms with van der Waals surface area (Å²) in [6, 6.07) is 0.665. The number of imidazole rings is 1. The Labute approximate surface area is 102 Å². The van der Waals surface area contributed by atoms with E-state index in [4.69, 9.17) is 4.98 Å². The van der Waals surface area contributed by atoms with Crippen LogP contribution in [0.5, 0.6) is 0 Å². The summed E-state index contributed by atoms with van der Waals surface area (Å²) in [6.07, 6.45) is 10.3. The number of hydrogen-bond acceptors (Lipinski definition) is 2. The summed E-state index contributed by atoms with van der Waals surface area (Å²) in [7, 11) is 0. The molecule has 0 saturated carbocycles. The SMILES string of the molecule is CC1CCCc2nc(C3CCCCS3)cn21. The lowest BCUT2D eigenvalue weighted by Gasteiger charge is -2.21. The van der Waals surface area contributed by atoms with Gasteiger partial charge in [-0.1, -0.05) is 6.42 Å². The Bertz CT molecular complexity index is 366. The van der Waals surface area contributed by atoms with E-state index in [1.165, 1.54) is 55.8 Å². The predicted octanol–water partition coefficient (Wildman–Crippen LogP) is 3.74. The van der Waals surface area contributed by atoms with Crippen molar-refractivity contribution >= 4 is 11.8 Å². The average Bonchev–Trinajstić information content (AvgIpc) is 2.76. The van der Waals surface area contributed by atoms with Crippen molar-refractivity contribution in [1.82, 2.24) is 9.55 Å². The van der Waals surface area contributed by atoms with Gasteiger partial charge in [0.25, 0.3) is 0 Å². The van der Waals surface area contributed by atoms with Gasteiger partial charge < -0.3 is 4.57 Å². The number of aromatic nitrogens is 2. The lowest BCUT2D eigenvalue weighted by atomic mass is 10.1. The summed E-state index contributed by atoms with van der Waals surface area (Å²) in [5, 5.41) is 0.680. The second kappa shape index (κ2) is 4.44. The maximum Gasteiger partial charge on any atom is 0.109 e. The normalized spacial score (nSPS) is 30.1. The van der Waals surface area contributed by atoms with E-state index in [1.54, 1.807) is 0 Å². The van der Waals surface area contributed by atoms with Crippen LogP contribution in [0.1, 0.15) is 61.8 Å². The fourth-order valence-corrected chi connectivity index (χ4v) is 4.12. The lowest BCUT2D eigenvalue weighted by molar-refractivity contribution is 0.425. The van der Waals surface area contributed by atoms with Crippen LogP contribution in [-0.2, 0) is 6.42 Å². The maximum absolute atomic E-state index is 4.87. The van der Waals surface area contributed by atoms with E-state index in [0.29, 0.717) is 11.3 Å². The molecule has 2 aliphatic rings. The van der Waals surface area contributed by atoms with Gasteiger partial charge in [-0.2, -0.15) is 11.8 Å². The molecule has 2 unspecified atom stereocenters. The summed E-state index contributed by atoms with van der Waals surface area (Å²) >= 11 is 2.11. The van der Waals surface area contributed by atoms with Crippen LogP contribution in [0.3, 0.4) is 0 Å². The summed E-state index contributed by atoms with van der Waals surface area (Å²) < 4.78 is 2.42. The largest absolute Gasteiger partial charge is 0.332 e. The molecule has 0 radical (unpaired) electrons. The first-order valence-electron chi connectivity index (χ1n) is 6.54. The predicted molar refractivity (Wildman–Crippen MR) is 68.9 cm³/mol. The molecule has 1 fully saturated rings. The number of nitrogens with zero attached hydrogens (tertiary/aromatic N) is 2. The van der Waals surface area contributed by atoms with Crippen molar-refractivity contribution in [3.8, 4) is 0 Å². The maximum atomic E-state index is 4.87. The van der Waals surface area contributed by atoms with Crippen LogP contribution >= 0.6 is 11.8 Å². The van der Waals surface area contributed by atoms with Gasteiger partial charge in [0, 0.05) is 23.9 Å². The number of thioether (sulfide) groups is 1. The second-order valence-corrected chi connectivity index (χ2v) is 6.40. The van der Waals surface area contributed by atoms with E-state index in [1.807, 2.05) is 0 Å². The molecule has 16 heavy (non-hydrogen) atoms. The van der Waals surface area contributed by atoms with Gasteiger partial charge in [0.1, 0.15) is 5.82 Å². The standard InChI is InChI=1S/C13H20N2S/c1-10-5-4-7-13-14-11(9-15(10)13)12-6-2-3-8-16-12/h9-10,12H,2-8H2,1H3. The lowest BCUT2D eigenvalue weighted by Crippen LogP contribution is -2.14. The molecule has 3 heterocycles. The van der Waals surface area contributed by atoms with Crippen molar-refractivity contribution in [2.75, 3.05) is 5.75 Å². The Hall–Kier alpha value is -0.440. The average molecular weight is 236 g/mol. The monoisotopic (exact) mass is 236 g/mol. The highest BCUT2D eigenvalue weighted by molar-refractivity contribution is 7.99. The zero-order chi connectivity index (χ0) is 11.0. The molecule has 1 aromatic heterocycles. The third-order valence-corrected chi connectivity index (χ3v) is 5.24.